The Morgan fingerprint density at radius 1 is 1.00 bits per heavy atom. The number of hydrogen-bond acceptors (Lipinski definition) is 2. The van der Waals surface area contributed by atoms with Crippen LogP contribution in [0.3, 0.4) is 0 Å². The lowest BCUT2D eigenvalue weighted by Crippen LogP contribution is -2.35. The molecule has 0 saturated heterocycles. The summed E-state index contributed by atoms with van der Waals surface area (Å²) in [4.78, 5) is 19.9. The van der Waals surface area contributed by atoms with E-state index in [0.29, 0.717) is 5.92 Å². The normalized spacial score (nSPS) is 19.0. The fraction of sp³-hybridized carbons (Fsp3) is 0.333. The SMILES string of the molecule is CC.Cc1ccc2c(c1)N(C(=O)C1Cc3ccc(-c4ccccn4)cc3C1)CC2C. The Hall–Kier alpha value is -2.94. The molecule has 3 heteroatoms. The minimum absolute atomic E-state index is 0.0349. The molecule has 5 rings (SSSR count). The molecule has 0 radical (unpaired) electrons. The molecule has 1 amide bonds. The molecular weight excluding hydrogens is 368 g/mol. The lowest BCUT2D eigenvalue weighted by Gasteiger charge is -2.21. The molecule has 2 aliphatic rings. The summed E-state index contributed by atoms with van der Waals surface area (Å²) in [7, 11) is 0. The van der Waals surface area contributed by atoms with Crippen LogP contribution in [0.25, 0.3) is 11.3 Å². The predicted octanol–water partition coefficient (Wildman–Crippen LogP) is 5.95. The zero-order valence-corrected chi connectivity index (χ0v) is 18.4. The van der Waals surface area contributed by atoms with Crippen molar-refractivity contribution in [1.82, 2.24) is 4.98 Å². The quantitative estimate of drug-likeness (QED) is 0.534. The van der Waals surface area contributed by atoms with Crippen LogP contribution in [0.1, 0.15) is 48.9 Å². The Kier molecular flexibility index (Phi) is 5.72. The van der Waals surface area contributed by atoms with Crippen molar-refractivity contribution >= 4 is 11.6 Å². The van der Waals surface area contributed by atoms with E-state index in [4.69, 9.17) is 0 Å². The van der Waals surface area contributed by atoms with Gasteiger partial charge in [-0.25, -0.2) is 0 Å². The monoisotopic (exact) mass is 398 g/mol. The summed E-state index contributed by atoms with van der Waals surface area (Å²) in [5, 5.41) is 0. The molecule has 3 aromatic rings. The second-order valence-corrected chi connectivity index (χ2v) is 8.22. The summed E-state index contributed by atoms with van der Waals surface area (Å²) in [5.74, 6) is 0.707. The molecule has 0 spiro atoms. The van der Waals surface area contributed by atoms with E-state index < -0.39 is 0 Å². The molecule has 1 aromatic heterocycles. The predicted molar refractivity (Wildman–Crippen MR) is 124 cm³/mol. The zero-order valence-electron chi connectivity index (χ0n) is 18.4. The first kappa shape index (κ1) is 20.3. The van der Waals surface area contributed by atoms with Crippen molar-refractivity contribution in [3.63, 3.8) is 0 Å². The fourth-order valence-electron chi connectivity index (χ4n) is 4.69. The third kappa shape index (κ3) is 3.65. The van der Waals surface area contributed by atoms with Crippen LogP contribution in [0.4, 0.5) is 5.69 Å². The topological polar surface area (TPSA) is 33.2 Å². The Labute approximate surface area is 179 Å². The van der Waals surface area contributed by atoms with Crippen LogP contribution in [0.5, 0.6) is 0 Å². The second-order valence-electron chi connectivity index (χ2n) is 8.22. The molecule has 2 atom stereocenters. The smallest absolute Gasteiger partial charge is 0.230 e. The van der Waals surface area contributed by atoms with Gasteiger partial charge in [0.1, 0.15) is 0 Å². The Morgan fingerprint density at radius 3 is 2.57 bits per heavy atom. The number of nitrogens with zero attached hydrogens (tertiary/aromatic N) is 2. The van der Waals surface area contributed by atoms with Crippen LogP contribution in [0, 0.1) is 12.8 Å². The maximum Gasteiger partial charge on any atom is 0.230 e. The Balaban J connectivity index is 0.00000106. The summed E-state index contributed by atoms with van der Waals surface area (Å²) in [6.45, 7) is 9.10. The summed E-state index contributed by atoms with van der Waals surface area (Å²) in [6, 6.07) is 19.0. The first-order valence-electron chi connectivity index (χ1n) is 11.1. The van der Waals surface area contributed by atoms with E-state index in [1.807, 2.05) is 43.1 Å². The number of rotatable bonds is 2. The van der Waals surface area contributed by atoms with Crippen molar-refractivity contribution in [3.8, 4) is 11.3 Å². The molecule has 1 aliphatic carbocycles. The van der Waals surface area contributed by atoms with E-state index in [-0.39, 0.29) is 11.8 Å². The van der Waals surface area contributed by atoms with Crippen molar-refractivity contribution in [2.24, 2.45) is 5.92 Å². The standard InChI is InChI=1S/C25H24N2O.C2H6/c1-16-6-9-22-17(2)15-27(24(22)11-16)25(28)21-12-18-7-8-19(13-20(18)14-21)23-5-3-4-10-26-23;1-2/h3-11,13,17,21H,12,14-15H2,1-2H3;1-2H3. The van der Waals surface area contributed by atoms with Gasteiger partial charge in [-0.1, -0.05) is 51.1 Å². The number of carbonyl (C=O) groups excluding carboxylic acids is 1. The number of pyridine rings is 1. The van der Waals surface area contributed by atoms with Gasteiger partial charge in [0.05, 0.1) is 5.69 Å². The molecule has 30 heavy (non-hydrogen) atoms. The number of aryl methyl sites for hydroxylation is 1. The van der Waals surface area contributed by atoms with Gasteiger partial charge in [0.15, 0.2) is 0 Å². The highest BCUT2D eigenvalue weighted by atomic mass is 16.2. The third-order valence-electron chi connectivity index (χ3n) is 6.18. The molecule has 0 N–H and O–H groups in total. The van der Waals surface area contributed by atoms with Gasteiger partial charge in [-0.2, -0.15) is 0 Å². The summed E-state index contributed by atoms with van der Waals surface area (Å²) >= 11 is 0. The molecule has 0 saturated carbocycles. The minimum atomic E-state index is 0.0349. The van der Waals surface area contributed by atoms with Crippen molar-refractivity contribution in [1.29, 1.82) is 0 Å². The van der Waals surface area contributed by atoms with Crippen molar-refractivity contribution < 1.29 is 4.79 Å². The van der Waals surface area contributed by atoms with Gasteiger partial charge in [0, 0.05) is 35.8 Å². The Bertz CT molecular complexity index is 1060. The third-order valence-corrected chi connectivity index (χ3v) is 6.18. The van der Waals surface area contributed by atoms with E-state index in [1.165, 1.54) is 22.3 Å². The highest BCUT2D eigenvalue weighted by Crippen LogP contribution is 2.39. The highest BCUT2D eigenvalue weighted by molar-refractivity contribution is 5.98. The van der Waals surface area contributed by atoms with Crippen LogP contribution < -0.4 is 4.90 Å². The summed E-state index contributed by atoms with van der Waals surface area (Å²) in [6.07, 6.45) is 3.48. The number of anilines is 1. The van der Waals surface area contributed by atoms with E-state index in [9.17, 15) is 4.79 Å². The van der Waals surface area contributed by atoms with Crippen molar-refractivity contribution in [2.75, 3.05) is 11.4 Å². The summed E-state index contributed by atoms with van der Waals surface area (Å²) < 4.78 is 0. The summed E-state index contributed by atoms with van der Waals surface area (Å²) in [5.41, 5.74) is 8.32. The molecule has 154 valence electrons. The number of benzene rings is 2. The second kappa shape index (κ2) is 8.43. The van der Waals surface area contributed by atoms with Crippen LogP contribution in [-0.2, 0) is 17.6 Å². The van der Waals surface area contributed by atoms with E-state index in [0.717, 1.165) is 36.3 Å². The molecule has 3 nitrogen and oxygen atoms in total. The lowest BCUT2D eigenvalue weighted by atomic mass is 10.0. The first-order chi connectivity index (χ1) is 14.6. The average molecular weight is 399 g/mol. The largest absolute Gasteiger partial charge is 0.311 e. The van der Waals surface area contributed by atoms with Crippen molar-refractivity contribution in [3.05, 3.63) is 83.0 Å². The maximum absolute atomic E-state index is 13.4. The lowest BCUT2D eigenvalue weighted by molar-refractivity contribution is -0.122. The van der Waals surface area contributed by atoms with Crippen LogP contribution >= 0.6 is 0 Å². The van der Waals surface area contributed by atoms with Crippen molar-refractivity contribution in [2.45, 2.75) is 46.5 Å². The molecular formula is C27H30N2O. The molecule has 1 aliphatic heterocycles. The number of fused-ring (bicyclic) bond motifs is 2. The van der Waals surface area contributed by atoms with E-state index >= 15 is 0 Å². The fourth-order valence-corrected chi connectivity index (χ4v) is 4.69. The highest BCUT2D eigenvalue weighted by Gasteiger charge is 2.36. The Morgan fingerprint density at radius 2 is 1.80 bits per heavy atom. The van der Waals surface area contributed by atoms with Gasteiger partial charge in [-0.05, 0) is 66.3 Å². The first-order valence-corrected chi connectivity index (χ1v) is 11.1. The van der Waals surface area contributed by atoms with E-state index in [1.54, 1.807) is 0 Å². The molecule has 2 heterocycles. The number of aromatic nitrogens is 1. The number of carbonyl (C=O) groups is 1. The zero-order chi connectivity index (χ0) is 21.3. The van der Waals surface area contributed by atoms with Gasteiger partial charge >= 0.3 is 0 Å². The van der Waals surface area contributed by atoms with Gasteiger partial charge in [-0.15, -0.1) is 0 Å². The molecule has 2 aromatic carbocycles. The van der Waals surface area contributed by atoms with Gasteiger partial charge < -0.3 is 4.90 Å². The van der Waals surface area contributed by atoms with Gasteiger partial charge in [-0.3, -0.25) is 9.78 Å². The molecule has 0 bridgehead atoms. The van der Waals surface area contributed by atoms with Crippen LogP contribution in [0.2, 0.25) is 0 Å². The minimum Gasteiger partial charge on any atom is -0.311 e. The van der Waals surface area contributed by atoms with E-state index in [2.05, 4.69) is 55.2 Å². The molecule has 2 unspecified atom stereocenters. The van der Waals surface area contributed by atoms with Crippen LogP contribution in [-0.4, -0.2) is 17.4 Å². The molecule has 0 fully saturated rings. The number of hydrogen-bond donors (Lipinski definition) is 0. The van der Waals surface area contributed by atoms with Crippen LogP contribution in [0.15, 0.2) is 60.8 Å². The number of amides is 1. The average Bonchev–Trinajstić information content (AvgIpc) is 3.35. The maximum atomic E-state index is 13.4. The van der Waals surface area contributed by atoms with Gasteiger partial charge in [0.2, 0.25) is 5.91 Å². The van der Waals surface area contributed by atoms with Gasteiger partial charge in [0.25, 0.3) is 0 Å².